The summed E-state index contributed by atoms with van der Waals surface area (Å²) in [4.78, 5) is 37.4. The first-order valence-electron chi connectivity index (χ1n) is 10.0. The lowest BCUT2D eigenvalue weighted by Gasteiger charge is -2.04. The van der Waals surface area contributed by atoms with Crippen LogP contribution in [0.4, 0.5) is 5.13 Å². The van der Waals surface area contributed by atoms with Crippen LogP contribution in [0.25, 0.3) is 22.3 Å². The van der Waals surface area contributed by atoms with Gasteiger partial charge in [-0.3, -0.25) is 9.59 Å². The number of aryl methyl sites for hydroxylation is 2. The van der Waals surface area contributed by atoms with E-state index >= 15 is 0 Å². The van der Waals surface area contributed by atoms with E-state index in [9.17, 15) is 9.59 Å². The van der Waals surface area contributed by atoms with Gasteiger partial charge in [-0.15, -0.1) is 11.3 Å². The average Bonchev–Trinajstić information content (AvgIpc) is 3.12. The van der Waals surface area contributed by atoms with E-state index in [0.29, 0.717) is 28.5 Å². The molecule has 0 saturated carbocycles. The van der Waals surface area contributed by atoms with Gasteiger partial charge in [0, 0.05) is 23.3 Å². The van der Waals surface area contributed by atoms with Crippen molar-refractivity contribution in [2.24, 2.45) is 0 Å². The second-order valence-electron chi connectivity index (χ2n) is 6.96. The second kappa shape index (κ2) is 9.09. The minimum absolute atomic E-state index is 0.144. The number of carbonyl (C=O) groups is 1. The highest BCUT2D eigenvalue weighted by Gasteiger charge is 2.13. The van der Waals surface area contributed by atoms with Crippen molar-refractivity contribution in [3.63, 3.8) is 0 Å². The Bertz CT molecular complexity index is 1280. The first-order chi connectivity index (χ1) is 15.0. The number of anilines is 1. The number of H-pyrrole nitrogens is 1. The maximum atomic E-state index is 12.4. The van der Waals surface area contributed by atoms with Crippen molar-refractivity contribution in [3.8, 4) is 17.0 Å². The molecule has 0 bridgehead atoms. The largest absolute Gasteiger partial charge is 0.494 e. The first-order valence-corrected chi connectivity index (χ1v) is 10.8. The zero-order valence-corrected chi connectivity index (χ0v) is 18.1. The highest BCUT2D eigenvalue weighted by Crippen LogP contribution is 2.31. The van der Waals surface area contributed by atoms with Crippen LogP contribution < -0.4 is 15.6 Å². The van der Waals surface area contributed by atoms with Crippen LogP contribution in [0.1, 0.15) is 23.9 Å². The standard InChI is InChI=1S/C23H22N4O3S/c1-3-30-16-10-8-15(9-11-16)21-14(2)31-23(27-21)26-20(28)13-12-19-22(29)25-18-7-5-4-6-17(18)24-19/h4-11H,3,12-13H2,1-2H3,(H,25,29)(H,26,27,28). The van der Waals surface area contributed by atoms with Gasteiger partial charge in [0.2, 0.25) is 5.91 Å². The fourth-order valence-corrected chi connectivity index (χ4v) is 4.10. The number of para-hydroxylation sites is 2. The monoisotopic (exact) mass is 434 g/mol. The summed E-state index contributed by atoms with van der Waals surface area (Å²) >= 11 is 1.42. The number of aromatic amines is 1. The van der Waals surface area contributed by atoms with Crippen molar-refractivity contribution < 1.29 is 9.53 Å². The molecule has 0 spiro atoms. The Morgan fingerprint density at radius 1 is 1.13 bits per heavy atom. The Hall–Kier alpha value is -3.52. The number of ether oxygens (including phenoxy) is 1. The molecule has 0 aliphatic carbocycles. The summed E-state index contributed by atoms with van der Waals surface area (Å²) in [7, 11) is 0. The molecule has 158 valence electrons. The predicted octanol–water partition coefficient (Wildman–Crippen LogP) is 4.33. The van der Waals surface area contributed by atoms with Crippen LogP contribution in [0.3, 0.4) is 0 Å². The Kier molecular flexibility index (Phi) is 6.08. The molecule has 4 aromatic rings. The number of aromatic nitrogens is 3. The number of hydrogen-bond acceptors (Lipinski definition) is 6. The van der Waals surface area contributed by atoms with Gasteiger partial charge in [0.15, 0.2) is 5.13 Å². The number of nitrogens with zero attached hydrogens (tertiary/aromatic N) is 2. The van der Waals surface area contributed by atoms with Crippen molar-refractivity contribution >= 4 is 33.4 Å². The van der Waals surface area contributed by atoms with Gasteiger partial charge in [-0.1, -0.05) is 12.1 Å². The second-order valence-corrected chi connectivity index (χ2v) is 8.16. The van der Waals surface area contributed by atoms with E-state index in [2.05, 4.69) is 20.3 Å². The Balaban J connectivity index is 1.42. The molecule has 2 N–H and O–H groups in total. The van der Waals surface area contributed by atoms with E-state index in [-0.39, 0.29) is 24.3 Å². The van der Waals surface area contributed by atoms with E-state index in [1.807, 2.05) is 56.3 Å². The smallest absolute Gasteiger partial charge is 0.270 e. The summed E-state index contributed by atoms with van der Waals surface area (Å²) in [6, 6.07) is 15.0. The number of rotatable bonds is 7. The molecule has 2 heterocycles. The maximum absolute atomic E-state index is 12.4. The molecule has 2 aromatic heterocycles. The zero-order valence-electron chi connectivity index (χ0n) is 17.3. The lowest BCUT2D eigenvalue weighted by molar-refractivity contribution is -0.116. The summed E-state index contributed by atoms with van der Waals surface area (Å²) in [5, 5.41) is 3.37. The average molecular weight is 435 g/mol. The van der Waals surface area contributed by atoms with Crippen LogP contribution in [-0.2, 0) is 11.2 Å². The normalized spacial score (nSPS) is 10.9. The minimum atomic E-state index is -0.269. The van der Waals surface area contributed by atoms with Crippen molar-refractivity contribution in [2.75, 3.05) is 11.9 Å². The molecule has 0 fully saturated rings. The van der Waals surface area contributed by atoms with Crippen LogP contribution in [0, 0.1) is 6.92 Å². The molecule has 0 radical (unpaired) electrons. The Morgan fingerprint density at radius 3 is 2.68 bits per heavy atom. The minimum Gasteiger partial charge on any atom is -0.494 e. The lowest BCUT2D eigenvalue weighted by Crippen LogP contribution is -2.18. The van der Waals surface area contributed by atoms with Crippen molar-refractivity contribution in [3.05, 3.63) is 69.5 Å². The molecule has 0 aliphatic rings. The number of carbonyl (C=O) groups excluding carboxylic acids is 1. The molecule has 0 aliphatic heterocycles. The summed E-state index contributed by atoms with van der Waals surface area (Å²) in [6.45, 7) is 4.53. The molecule has 4 rings (SSSR count). The molecule has 7 nitrogen and oxygen atoms in total. The molecule has 1 amide bonds. The van der Waals surface area contributed by atoms with Gasteiger partial charge in [-0.2, -0.15) is 0 Å². The van der Waals surface area contributed by atoms with E-state index in [4.69, 9.17) is 4.74 Å². The van der Waals surface area contributed by atoms with Crippen LogP contribution >= 0.6 is 11.3 Å². The Labute approximate surface area is 183 Å². The fourth-order valence-electron chi connectivity index (χ4n) is 3.24. The van der Waals surface area contributed by atoms with Gasteiger partial charge in [-0.25, -0.2) is 9.97 Å². The van der Waals surface area contributed by atoms with Gasteiger partial charge in [-0.05, 0) is 50.2 Å². The first kappa shape index (κ1) is 20.7. The molecule has 2 aromatic carbocycles. The van der Waals surface area contributed by atoms with Crippen LogP contribution in [0.15, 0.2) is 53.3 Å². The third-order valence-electron chi connectivity index (χ3n) is 4.74. The van der Waals surface area contributed by atoms with Crippen LogP contribution in [-0.4, -0.2) is 27.5 Å². The van der Waals surface area contributed by atoms with E-state index in [1.165, 1.54) is 11.3 Å². The molecule has 31 heavy (non-hydrogen) atoms. The van der Waals surface area contributed by atoms with Gasteiger partial charge in [0.25, 0.3) is 5.56 Å². The summed E-state index contributed by atoms with van der Waals surface area (Å²) in [5.41, 5.74) is 3.25. The number of amides is 1. The number of hydrogen-bond donors (Lipinski definition) is 2. The van der Waals surface area contributed by atoms with Crippen LogP contribution in [0.2, 0.25) is 0 Å². The van der Waals surface area contributed by atoms with E-state index in [0.717, 1.165) is 21.9 Å². The summed E-state index contributed by atoms with van der Waals surface area (Å²) in [5.74, 6) is 0.603. The number of nitrogens with one attached hydrogen (secondary N) is 2. The predicted molar refractivity (Wildman–Crippen MR) is 123 cm³/mol. The fraction of sp³-hybridized carbons (Fsp3) is 0.217. The third-order valence-corrected chi connectivity index (χ3v) is 5.63. The maximum Gasteiger partial charge on any atom is 0.270 e. The SMILES string of the molecule is CCOc1ccc(-c2nc(NC(=O)CCc3nc4ccccc4[nH]c3=O)sc2C)cc1. The molecular weight excluding hydrogens is 412 g/mol. The molecular formula is C23H22N4O3S. The molecule has 0 unspecified atom stereocenters. The highest BCUT2D eigenvalue weighted by molar-refractivity contribution is 7.16. The quantitative estimate of drug-likeness (QED) is 0.451. The third kappa shape index (κ3) is 4.80. The number of thiazole rings is 1. The molecule has 8 heteroatoms. The van der Waals surface area contributed by atoms with Crippen molar-refractivity contribution in [1.29, 1.82) is 0 Å². The van der Waals surface area contributed by atoms with Gasteiger partial charge in [0.1, 0.15) is 11.4 Å². The zero-order chi connectivity index (χ0) is 21.8. The van der Waals surface area contributed by atoms with Crippen LogP contribution in [0.5, 0.6) is 5.75 Å². The number of benzene rings is 2. The van der Waals surface area contributed by atoms with E-state index in [1.54, 1.807) is 6.07 Å². The molecule has 0 atom stereocenters. The van der Waals surface area contributed by atoms with E-state index < -0.39 is 0 Å². The lowest BCUT2D eigenvalue weighted by atomic mass is 10.1. The number of fused-ring (bicyclic) bond motifs is 1. The molecule has 0 saturated heterocycles. The van der Waals surface area contributed by atoms with Crippen molar-refractivity contribution in [1.82, 2.24) is 15.0 Å². The topological polar surface area (TPSA) is 97.0 Å². The summed E-state index contributed by atoms with van der Waals surface area (Å²) < 4.78 is 5.48. The van der Waals surface area contributed by atoms with Gasteiger partial charge < -0.3 is 15.0 Å². The Morgan fingerprint density at radius 2 is 1.90 bits per heavy atom. The van der Waals surface area contributed by atoms with Crippen molar-refractivity contribution in [2.45, 2.75) is 26.7 Å². The summed E-state index contributed by atoms with van der Waals surface area (Å²) in [6.07, 6.45) is 0.396. The van der Waals surface area contributed by atoms with Gasteiger partial charge in [0.05, 0.1) is 23.3 Å². The highest BCUT2D eigenvalue weighted by atomic mass is 32.1. The van der Waals surface area contributed by atoms with Gasteiger partial charge >= 0.3 is 0 Å².